The molecular weight excluding hydrogens is 288 g/mol. The summed E-state index contributed by atoms with van der Waals surface area (Å²) in [5, 5.41) is 3.21. The minimum absolute atomic E-state index is 0.0494. The van der Waals surface area contributed by atoms with E-state index in [1.165, 1.54) is 11.1 Å². The Hall–Kier alpha value is -2.49. The van der Waals surface area contributed by atoms with Gasteiger partial charge in [0.25, 0.3) is 0 Å². The first-order valence-electron chi connectivity index (χ1n) is 7.87. The number of carbonyl (C=O) groups excluding carboxylic acids is 1. The van der Waals surface area contributed by atoms with Gasteiger partial charge in [-0.2, -0.15) is 0 Å². The van der Waals surface area contributed by atoms with E-state index >= 15 is 0 Å². The molecule has 0 radical (unpaired) electrons. The lowest BCUT2D eigenvalue weighted by molar-refractivity contribution is -0.118. The van der Waals surface area contributed by atoms with Crippen molar-refractivity contribution in [1.82, 2.24) is 5.32 Å². The van der Waals surface area contributed by atoms with Crippen molar-refractivity contribution >= 4 is 17.7 Å². The second-order valence-electron chi connectivity index (χ2n) is 6.90. The molecule has 1 N–H and O–H groups in total. The van der Waals surface area contributed by atoms with Crippen molar-refractivity contribution in [3.05, 3.63) is 59.6 Å². The lowest BCUT2D eigenvalue weighted by Gasteiger charge is -2.40. The van der Waals surface area contributed by atoms with Gasteiger partial charge in [-0.3, -0.25) is 4.79 Å². The van der Waals surface area contributed by atoms with Gasteiger partial charge in [0.05, 0.1) is 12.8 Å². The van der Waals surface area contributed by atoms with Crippen molar-refractivity contribution in [1.29, 1.82) is 0 Å². The summed E-state index contributed by atoms with van der Waals surface area (Å²) in [5.74, 6) is 0.830. The predicted octanol–water partition coefficient (Wildman–Crippen LogP) is 3.23. The number of anilines is 1. The quantitative estimate of drug-likeness (QED) is 0.926. The summed E-state index contributed by atoms with van der Waals surface area (Å²) in [6, 6.07) is 10.2. The molecule has 0 bridgehead atoms. The Labute approximate surface area is 135 Å². The fourth-order valence-corrected chi connectivity index (χ4v) is 3.88. The number of nitrogens with one attached hydrogen (secondary N) is 1. The highest BCUT2D eigenvalue weighted by atomic mass is 16.3. The van der Waals surface area contributed by atoms with E-state index in [0.717, 1.165) is 11.4 Å². The Balaban J connectivity index is 1.88. The summed E-state index contributed by atoms with van der Waals surface area (Å²) in [5.41, 5.74) is 2.82. The van der Waals surface area contributed by atoms with Crippen molar-refractivity contribution in [2.45, 2.75) is 31.8 Å². The predicted molar refractivity (Wildman–Crippen MR) is 90.2 cm³/mol. The lowest BCUT2D eigenvalue weighted by Crippen LogP contribution is -2.58. The zero-order valence-electron chi connectivity index (χ0n) is 13.6. The molecule has 0 aliphatic carbocycles. The van der Waals surface area contributed by atoms with E-state index in [-0.39, 0.29) is 11.3 Å². The maximum Gasteiger partial charge on any atom is 0.241 e. The first-order chi connectivity index (χ1) is 10.9. The fraction of sp³-hybridized carbons (Fsp3) is 0.316. The van der Waals surface area contributed by atoms with Crippen molar-refractivity contribution < 1.29 is 9.21 Å². The van der Waals surface area contributed by atoms with Crippen LogP contribution in [0.1, 0.15) is 30.7 Å². The molecule has 118 valence electrons. The molecule has 0 saturated carbocycles. The van der Waals surface area contributed by atoms with Crippen LogP contribution in [0, 0.1) is 6.92 Å². The summed E-state index contributed by atoms with van der Waals surface area (Å²) in [6.45, 7) is 6.85. The molecule has 2 aliphatic rings. The summed E-state index contributed by atoms with van der Waals surface area (Å²) in [6.07, 6.45) is 5.66. The molecule has 1 fully saturated rings. The Morgan fingerprint density at radius 3 is 2.87 bits per heavy atom. The van der Waals surface area contributed by atoms with Crippen LogP contribution in [0.5, 0.6) is 0 Å². The Morgan fingerprint density at radius 1 is 1.30 bits per heavy atom. The molecule has 2 aromatic rings. The number of nitrogens with zero attached hydrogens (tertiary/aromatic N) is 1. The maximum absolute atomic E-state index is 12.2. The van der Waals surface area contributed by atoms with Crippen LogP contribution in [0.3, 0.4) is 0 Å². The Morgan fingerprint density at radius 2 is 2.13 bits per heavy atom. The molecule has 3 heterocycles. The number of aryl methyl sites for hydroxylation is 1. The number of carbonyl (C=O) groups is 1. The van der Waals surface area contributed by atoms with Crippen LogP contribution in [0.4, 0.5) is 5.69 Å². The minimum Gasteiger partial charge on any atom is -0.465 e. The van der Waals surface area contributed by atoms with Gasteiger partial charge in [-0.1, -0.05) is 31.5 Å². The first-order valence-corrected chi connectivity index (χ1v) is 7.87. The van der Waals surface area contributed by atoms with Gasteiger partial charge in [-0.15, -0.1) is 0 Å². The normalized spacial score (nSPS) is 24.8. The number of benzene rings is 1. The Kier molecular flexibility index (Phi) is 2.77. The monoisotopic (exact) mass is 308 g/mol. The van der Waals surface area contributed by atoms with Crippen molar-refractivity contribution in [2.75, 3.05) is 11.4 Å². The second-order valence-corrected chi connectivity index (χ2v) is 6.90. The largest absolute Gasteiger partial charge is 0.465 e. The number of hydrogen-bond acceptors (Lipinski definition) is 3. The van der Waals surface area contributed by atoms with Gasteiger partial charge in [-0.05, 0) is 42.8 Å². The number of fused-ring (bicyclic) bond motifs is 3. The van der Waals surface area contributed by atoms with Gasteiger partial charge in [0, 0.05) is 11.1 Å². The van der Waals surface area contributed by atoms with E-state index in [1.807, 2.05) is 18.2 Å². The number of amides is 1. The van der Waals surface area contributed by atoms with Crippen LogP contribution in [-0.2, 0) is 10.2 Å². The maximum atomic E-state index is 12.2. The molecule has 1 atom stereocenters. The van der Waals surface area contributed by atoms with Crippen LogP contribution in [0.15, 0.2) is 47.1 Å². The third-order valence-electron chi connectivity index (χ3n) is 5.16. The average molecular weight is 308 g/mol. The Bertz CT molecular complexity index is 805. The SMILES string of the molecule is Cc1ccc2c(c1)C(C)(C)[C@]1(/C=C/c3ccco3)NC(=O)CN21. The molecule has 1 amide bonds. The van der Waals surface area contributed by atoms with E-state index in [1.54, 1.807) is 6.26 Å². The van der Waals surface area contributed by atoms with Crippen LogP contribution in [-0.4, -0.2) is 18.1 Å². The average Bonchev–Trinajstić information content (AvgIpc) is 3.16. The fourth-order valence-electron chi connectivity index (χ4n) is 3.88. The molecule has 4 heteroatoms. The zero-order chi connectivity index (χ0) is 16.2. The van der Waals surface area contributed by atoms with E-state index in [4.69, 9.17) is 4.42 Å². The molecule has 23 heavy (non-hydrogen) atoms. The molecule has 2 aliphatic heterocycles. The molecule has 0 unspecified atom stereocenters. The van der Waals surface area contributed by atoms with E-state index < -0.39 is 5.66 Å². The lowest BCUT2D eigenvalue weighted by atomic mass is 9.75. The van der Waals surface area contributed by atoms with Crippen molar-refractivity contribution in [3.8, 4) is 0 Å². The van der Waals surface area contributed by atoms with Gasteiger partial charge in [0.2, 0.25) is 5.91 Å². The van der Waals surface area contributed by atoms with Gasteiger partial charge in [-0.25, -0.2) is 0 Å². The highest BCUT2D eigenvalue weighted by Crippen LogP contribution is 2.53. The third-order valence-corrected chi connectivity index (χ3v) is 5.16. The molecule has 1 aromatic heterocycles. The van der Waals surface area contributed by atoms with Crippen LogP contribution < -0.4 is 10.2 Å². The topological polar surface area (TPSA) is 45.5 Å². The molecular formula is C19H20N2O2. The highest BCUT2D eigenvalue weighted by molar-refractivity contribution is 5.91. The van der Waals surface area contributed by atoms with E-state index in [2.05, 4.69) is 55.3 Å². The third kappa shape index (κ3) is 1.81. The van der Waals surface area contributed by atoms with Crippen LogP contribution in [0.2, 0.25) is 0 Å². The van der Waals surface area contributed by atoms with Gasteiger partial charge >= 0.3 is 0 Å². The van der Waals surface area contributed by atoms with Crippen molar-refractivity contribution in [3.63, 3.8) is 0 Å². The molecule has 1 aromatic carbocycles. The molecule has 1 saturated heterocycles. The molecule has 4 nitrogen and oxygen atoms in total. The first kappa shape index (κ1) is 14.1. The second kappa shape index (κ2) is 4.51. The summed E-state index contributed by atoms with van der Waals surface area (Å²) >= 11 is 0. The van der Waals surface area contributed by atoms with Gasteiger partial charge in [0.1, 0.15) is 11.4 Å². The zero-order valence-corrected chi connectivity index (χ0v) is 13.6. The number of hydrogen-bond donors (Lipinski definition) is 1. The smallest absolute Gasteiger partial charge is 0.241 e. The number of rotatable bonds is 2. The minimum atomic E-state index is -0.562. The van der Waals surface area contributed by atoms with E-state index in [9.17, 15) is 4.79 Å². The number of furan rings is 1. The summed E-state index contributed by atoms with van der Waals surface area (Å²) in [7, 11) is 0. The van der Waals surface area contributed by atoms with Crippen LogP contribution in [0.25, 0.3) is 6.08 Å². The van der Waals surface area contributed by atoms with Crippen LogP contribution >= 0.6 is 0 Å². The van der Waals surface area contributed by atoms with Crippen molar-refractivity contribution in [2.24, 2.45) is 0 Å². The van der Waals surface area contributed by atoms with Gasteiger partial charge in [0.15, 0.2) is 0 Å². The molecule has 0 spiro atoms. The van der Waals surface area contributed by atoms with E-state index in [0.29, 0.717) is 6.54 Å². The highest BCUT2D eigenvalue weighted by Gasteiger charge is 2.59. The summed E-state index contributed by atoms with van der Waals surface area (Å²) < 4.78 is 5.41. The molecule has 4 rings (SSSR count). The van der Waals surface area contributed by atoms with Gasteiger partial charge < -0.3 is 14.6 Å². The standard InChI is InChI=1S/C19H20N2O2/c1-13-6-7-16-15(11-13)18(2,3)19(20-17(22)12-21(16)19)9-8-14-5-4-10-23-14/h4-11H,12H2,1-3H3,(H,20,22)/b9-8+/t19-/m1/s1. The summed E-state index contributed by atoms with van der Waals surface area (Å²) in [4.78, 5) is 14.3.